The summed E-state index contributed by atoms with van der Waals surface area (Å²) in [6, 6.07) is 4.87. The fourth-order valence-corrected chi connectivity index (χ4v) is 2.31. The molecule has 2 N–H and O–H groups in total. The predicted molar refractivity (Wildman–Crippen MR) is 79.4 cm³/mol. The monoisotopic (exact) mass is 283 g/mol. The Kier molecular flexibility index (Phi) is 5.96. The molecule has 0 fully saturated rings. The molecule has 0 aliphatic rings. The van der Waals surface area contributed by atoms with E-state index in [1.165, 1.54) is 13.2 Å². The summed E-state index contributed by atoms with van der Waals surface area (Å²) in [4.78, 5) is 0. The molecule has 0 radical (unpaired) electrons. The first-order chi connectivity index (χ1) is 9.26. The average Bonchev–Trinajstić information content (AvgIpc) is 2.36. The van der Waals surface area contributed by atoms with Gasteiger partial charge in [-0.2, -0.15) is 0 Å². The molecular weight excluding hydrogens is 257 g/mol. The van der Waals surface area contributed by atoms with Gasteiger partial charge in [-0.05, 0) is 36.5 Å². The van der Waals surface area contributed by atoms with Crippen LogP contribution in [0.4, 0.5) is 4.39 Å². The van der Waals surface area contributed by atoms with Crippen LogP contribution in [0.5, 0.6) is 5.75 Å². The van der Waals surface area contributed by atoms with Gasteiger partial charge >= 0.3 is 0 Å². The molecule has 0 bridgehead atoms. The van der Waals surface area contributed by atoms with Crippen molar-refractivity contribution in [2.45, 2.75) is 46.2 Å². The average molecular weight is 283 g/mol. The lowest BCUT2D eigenvalue weighted by Crippen LogP contribution is -2.37. The maximum Gasteiger partial charge on any atom is 0.165 e. The van der Waals surface area contributed by atoms with Crippen LogP contribution in [-0.2, 0) is 0 Å². The Morgan fingerprint density at radius 2 is 2.00 bits per heavy atom. The second kappa shape index (κ2) is 7.04. The van der Waals surface area contributed by atoms with Crippen LogP contribution in [0.25, 0.3) is 0 Å². The largest absolute Gasteiger partial charge is 0.494 e. The number of nitrogens with one attached hydrogen (secondary N) is 1. The third kappa shape index (κ3) is 5.10. The first kappa shape index (κ1) is 16.9. The predicted octanol–water partition coefficient (Wildman–Crippen LogP) is 3.28. The SMILES string of the molecule is COc1cc(C(C)NC(CO)CC(C)(C)C)ccc1F. The number of methoxy groups -OCH3 is 1. The van der Waals surface area contributed by atoms with Crippen molar-refractivity contribution in [2.24, 2.45) is 5.41 Å². The van der Waals surface area contributed by atoms with E-state index >= 15 is 0 Å². The minimum absolute atomic E-state index is 0.0149. The minimum atomic E-state index is -0.364. The van der Waals surface area contributed by atoms with Gasteiger partial charge in [-0.1, -0.05) is 26.8 Å². The van der Waals surface area contributed by atoms with E-state index in [1.807, 2.05) is 6.92 Å². The zero-order valence-electron chi connectivity index (χ0n) is 13.0. The number of aliphatic hydroxyl groups excluding tert-OH is 1. The first-order valence-electron chi connectivity index (χ1n) is 6.97. The van der Waals surface area contributed by atoms with Gasteiger partial charge in [-0.15, -0.1) is 0 Å². The van der Waals surface area contributed by atoms with Crippen LogP contribution in [0.1, 0.15) is 45.7 Å². The molecule has 1 aromatic rings. The van der Waals surface area contributed by atoms with Gasteiger partial charge in [0.2, 0.25) is 0 Å². The molecule has 2 atom stereocenters. The van der Waals surface area contributed by atoms with Crippen LogP contribution >= 0.6 is 0 Å². The molecule has 2 unspecified atom stereocenters. The lowest BCUT2D eigenvalue weighted by Gasteiger charge is -2.28. The Morgan fingerprint density at radius 3 is 2.50 bits per heavy atom. The van der Waals surface area contributed by atoms with Gasteiger partial charge in [-0.3, -0.25) is 0 Å². The van der Waals surface area contributed by atoms with Crippen molar-refractivity contribution >= 4 is 0 Å². The van der Waals surface area contributed by atoms with Crippen molar-refractivity contribution in [1.29, 1.82) is 0 Å². The lowest BCUT2D eigenvalue weighted by molar-refractivity contribution is 0.190. The second-order valence-corrected chi connectivity index (χ2v) is 6.43. The summed E-state index contributed by atoms with van der Waals surface area (Å²) in [5.74, 6) is -0.121. The van der Waals surface area contributed by atoms with Gasteiger partial charge < -0.3 is 15.2 Å². The van der Waals surface area contributed by atoms with E-state index in [0.29, 0.717) is 0 Å². The van der Waals surface area contributed by atoms with Crippen molar-refractivity contribution in [3.63, 3.8) is 0 Å². The number of hydrogen-bond donors (Lipinski definition) is 2. The molecule has 0 aliphatic carbocycles. The zero-order chi connectivity index (χ0) is 15.3. The maximum absolute atomic E-state index is 13.4. The minimum Gasteiger partial charge on any atom is -0.494 e. The zero-order valence-corrected chi connectivity index (χ0v) is 13.0. The van der Waals surface area contributed by atoms with Gasteiger partial charge in [0.25, 0.3) is 0 Å². The summed E-state index contributed by atoms with van der Waals surface area (Å²) in [6.07, 6.45) is 0.867. The molecule has 0 heterocycles. The van der Waals surface area contributed by atoms with E-state index in [2.05, 4.69) is 26.1 Å². The highest BCUT2D eigenvalue weighted by atomic mass is 19.1. The van der Waals surface area contributed by atoms with Crippen LogP contribution in [0.15, 0.2) is 18.2 Å². The Morgan fingerprint density at radius 1 is 1.35 bits per heavy atom. The molecule has 0 aromatic heterocycles. The van der Waals surface area contributed by atoms with E-state index in [-0.39, 0.29) is 35.7 Å². The smallest absolute Gasteiger partial charge is 0.165 e. The third-order valence-corrected chi connectivity index (χ3v) is 3.24. The van der Waals surface area contributed by atoms with Crippen molar-refractivity contribution < 1.29 is 14.2 Å². The molecule has 114 valence electrons. The van der Waals surface area contributed by atoms with Crippen molar-refractivity contribution in [3.8, 4) is 5.75 Å². The molecule has 0 saturated carbocycles. The highest BCUT2D eigenvalue weighted by Gasteiger charge is 2.20. The summed E-state index contributed by atoms with van der Waals surface area (Å²) < 4.78 is 18.4. The summed E-state index contributed by atoms with van der Waals surface area (Å²) in [5.41, 5.74) is 1.08. The highest BCUT2D eigenvalue weighted by molar-refractivity contribution is 5.32. The van der Waals surface area contributed by atoms with E-state index in [9.17, 15) is 9.50 Å². The normalized spacial score (nSPS) is 14.9. The van der Waals surface area contributed by atoms with Crippen molar-refractivity contribution in [1.82, 2.24) is 5.32 Å². The number of aliphatic hydroxyl groups is 1. The summed E-state index contributed by atoms with van der Waals surface area (Å²) in [6.45, 7) is 8.51. The fourth-order valence-electron chi connectivity index (χ4n) is 2.31. The Labute approximate surface area is 121 Å². The van der Waals surface area contributed by atoms with E-state index in [0.717, 1.165) is 12.0 Å². The third-order valence-electron chi connectivity index (χ3n) is 3.24. The fraction of sp³-hybridized carbons (Fsp3) is 0.625. The molecule has 1 aromatic carbocycles. The second-order valence-electron chi connectivity index (χ2n) is 6.43. The van der Waals surface area contributed by atoms with Gasteiger partial charge in [-0.25, -0.2) is 4.39 Å². The van der Waals surface area contributed by atoms with Crippen LogP contribution in [0, 0.1) is 11.2 Å². The van der Waals surface area contributed by atoms with Gasteiger partial charge in [0.15, 0.2) is 11.6 Å². The number of benzene rings is 1. The molecule has 4 heteroatoms. The molecule has 1 rings (SSSR count). The van der Waals surface area contributed by atoms with E-state index < -0.39 is 0 Å². The molecule has 20 heavy (non-hydrogen) atoms. The quantitative estimate of drug-likeness (QED) is 0.842. The maximum atomic E-state index is 13.4. The molecule has 0 amide bonds. The number of hydrogen-bond acceptors (Lipinski definition) is 3. The number of ether oxygens (including phenoxy) is 1. The van der Waals surface area contributed by atoms with Gasteiger partial charge in [0, 0.05) is 12.1 Å². The summed E-state index contributed by atoms with van der Waals surface area (Å²) in [7, 11) is 1.45. The molecule has 0 aliphatic heterocycles. The standard InChI is InChI=1S/C16H26FNO2/c1-11(18-13(10-19)9-16(2,3)4)12-6-7-14(17)15(8-12)20-5/h6-8,11,13,18-19H,9-10H2,1-5H3. The topological polar surface area (TPSA) is 41.5 Å². The van der Waals surface area contributed by atoms with Crippen LogP contribution in [-0.4, -0.2) is 24.9 Å². The highest BCUT2D eigenvalue weighted by Crippen LogP contribution is 2.25. The Balaban J connectivity index is 2.76. The summed E-state index contributed by atoms with van der Waals surface area (Å²) >= 11 is 0. The van der Waals surface area contributed by atoms with E-state index in [1.54, 1.807) is 12.1 Å². The Bertz CT molecular complexity index is 429. The summed E-state index contributed by atoms with van der Waals surface area (Å²) in [5, 5.41) is 12.9. The first-order valence-corrected chi connectivity index (χ1v) is 6.97. The molecular formula is C16H26FNO2. The lowest BCUT2D eigenvalue weighted by atomic mass is 9.88. The molecule has 0 saturated heterocycles. The van der Waals surface area contributed by atoms with Gasteiger partial charge in [0.1, 0.15) is 0 Å². The molecule has 3 nitrogen and oxygen atoms in total. The van der Waals surface area contributed by atoms with Crippen LogP contribution < -0.4 is 10.1 Å². The van der Waals surface area contributed by atoms with Crippen LogP contribution in [0.3, 0.4) is 0 Å². The number of halogens is 1. The Hall–Kier alpha value is -1.13. The van der Waals surface area contributed by atoms with Crippen molar-refractivity contribution in [2.75, 3.05) is 13.7 Å². The van der Waals surface area contributed by atoms with E-state index in [4.69, 9.17) is 4.74 Å². The van der Waals surface area contributed by atoms with Crippen LogP contribution in [0.2, 0.25) is 0 Å². The molecule has 0 spiro atoms. The van der Waals surface area contributed by atoms with Crippen molar-refractivity contribution in [3.05, 3.63) is 29.6 Å². The van der Waals surface area contributed by atoms with Gasteiger partial charge in [0.05, 0.1) is 13.7 Å². The number of rotatable bonds is 6.